The maximum Gasteiger partial charge on any atom is 0.338 e. The summed E-state index contributed by atoms with van der Waals surface area (Å²) in [4.78, 5) is 26.0. The lowest BCUT2D eigenvalue weighted by molar-refractivity contribution is 0.0525. The van der Waals surface area contributed by atoms with E-state index < -0.39 is 6.10 Å². The van der Waals surface area contributed by atoms with Gasteiger partial charge in [0.1, 0.15) is 13.2 Å². The van der Waals surface area contributed by atoms with E-state index in [9.17, 15) is 14.7 Å². The van der Waals surface area contributed by atoms with Gasteiger partial charge in [0.05, 0.1) is 17.2 Å². The number of likely N-dealkylation sites (tertiary alicyclic amines) is 1. The molecule has 0 aliphatic carbocycles. The Kier molecular flexibility index (Phi) is 6.91. The van der Waals surface area contributed by atoms with Gasteiger partial charge >= 0.3 is 11.9 Å². The number of nitrogens with zero attached hydrogens (tertiary/aromatic N) is 1. The van der Waals surface area contributed by atoms with Crippen LogP contribution in [0.25, 0.3) is 0 Å². The zero-order valence-electron chi connectivity index (χ0n) is 20.6. The van der Waals surface area contributed by atoms with Crippen LogP contribution < -0.4 is 5.32 Å². The molecule has 0 radical (unpaired) electrons. The van der Waals surface area contributed by atoms with Gasteiger partial charge in [-0.2, -0.15) is 0 Å². The van der Waals surface area contributed by atoms with Gasteiger partial charge in [-0.25, -0.2) is 9.59 Å². The summed E-state index contributed by atoms with van der Waals surface area (Å²) >= 11 is 0. The highest BCUT2D eigenvalue weighted by Gasteiger charge is 2.29. The molecule has 7 heteroatoms. The van der Waals surface area contributed by atoms with Crippen molar-refractivity contribution in [2.24, 2.45) is 0 Å². The van der Waals surface area contributed by atoms with Crippen LogP contribution in [0.3, 0.4) is 0 Å². The number of aliphatic hydroxyl groups excluding tert-OH is 1. The standard InChI is InChI=1S/C28H34N2O5/c1-17-19(6-7-22-24(17)15-34-27(22)32)10-11-29-13-20-5-3-4-12-30(20)14-26(31)21-8-9-23-25(18(21)2)16-35-28(23)33/h6-9,20,26,29,31H,3-5,10-16H2,1-2H3. The highest BCUT2D eigenvalue weighted by Crippen LogP contribution is 2.30. The third kappa shape index (κ3) is 4.73. The van der Waals surface area contributed by atoms with Crippen LogP contribution >= 0.6 is 0 Å². The molecule has 7 nitrogen and oxygen atoms in total. The molecule has 2 unspecified atom stereocenters. The zero-order valence-corrected chi connectivity index (χ0v) is 20.6. The van der Waals surface area contributed by atoms with Crippen molar-refractivity contribution in [2.45, 2.75) is 64.9 Å². The van der Waals surface area contributed by atoms with Crippen LogP contribution in [-0.2, 0) is 29.1 Å². The van der Waals surface area contributed by atoms with Gasteiger partial charge in [-0.05, 0) is 80.6 Å². The molecule has 3 aliphatic heterocycles. The fourth-order valence-corrected chi connectivity index (χ4v) is 5.74. The second-order valence-corrected chi connectivity index (χ2v) is 9.95. The van der Waals surface area contributed by atoms with E-state index in [2.05, 4.69) is 17.1 Å². The molecule has 5 rings (SSSR count). The molecule has 1 saturated heterocycles. The number of ether oxygens (including phenoxy) is 2. The number of rotatable bonds is 8. The molecule has 0 bridgehead atoms. The van der Waals surface area contributed by atoms with Gasteiger partial charge in [0.15, 0.2) is 0 Å². The van der Waals surface area contributed by atoms with Crippen molar-refractivity contribution >= 4 is 11.9 Å². The minimum atomic E-state index is -0.601. The number of cyclic esters (lactones) is 2. The molecular formula is C28H34N2O5. The monoisotopic (exact) mass is 478 g/mol. The Bertz CT molecular complexity index is 1140. The first kappa shape index (κ1) is 24.0. The molecule has 3 aliphatic rings. The molecule has 0 aromatic heterocycles. The Morgan fingerprint density at radius 3 is 2.43 bits per heavy atom. The lowest BCUT2D eigenvalue weighted by Gasteiger charge is -2.37. The number of hydrogen-bond acceptors (Lipinski definition) is 7. The maximum atomic E-state index is 11.8. The van der Waals surface area contributed by atoms with E-state index in [-0.39, 0.29) is 11.9 Å². The first-order valence-corrected chi connectivity index (χ1v) is 12.6. The van der Waals surface area contributed by atoms with E-state index >= 15 is 0 Å². The fourth-order valence-electron chi connectivity index (χ4n) is 5.74. The lowest BCUT2D eigenvalue weighted by Crippen LogP contribution is -2.47. The quantitative estimate of drug-likeness (QED) is 0.444. The van der Waals surface area contributed by atoms with Crippen LogP contribution in [-0.4, -0.2) is 54.2 Å². The summed E-state index contributed by atoms with van der Waals surface area (Å²) in [7, 11) is 0. The summed E-state index contributed by atoms with van der Waals surface area (Å²) in [6.45, 7) is 8.02. The second kappa shape index (κ2) is 10.1. The highest BCUT2D eigenvalue weighted by molar-refractivity contribution is 5.94. The van der Waals surface area contributed by atoms with Gasteiger partial charge in [0, 0.05) is 30.3 Å². The van der Waals surface area contributed by atoms with Crippen molar-refractivity contribution in [1.29, 1.82) is 0 Å². The van der Waals surface area contributed by atoms with Crippen molar-refractivity contribution < 1.29 is 24.2 Å². The zero-order chi connectivity index (χ0) is 24.5. The van der Waals surface area contributed by atoms with Gasteiger partial charge in [-0.3, -0.25) is 4.90 Å². The number of carbonyl (C=O) groups excluding carboxylic acids is 2. The molecular weight excluding hydrogens is 444 g/mol. The fraction of sp³-hybridized carbons (Fsp3) is 0.500. The Balaban J connectivity index is 1.16. The van der Waals surface area contributed by atoms with Crippen molar-refractivity contribution in [2.75, 3.05) is 26.2 Å². The molecule has 2 aromatic rings. The number of fused-ring (bicyclic) bond motifs is 2. The van der Waals surface area contributed by atoms with Crippen molar-refractivity contribution in [3.05, 3.63) is 68.8 Å². The maximum absolute atomic E-state index is 11.8. The predicted molar refractivity (Wildman–Crippen MR) is 131 cm³/mol. The summed E-state index contributed by atoms with van der Waals surface area (Å²) in [6, 6.07) is 7.98. The third-order valence-corrected chi connectivity index (χ3v) is 7.95. The predicted octanol–water partition coefficient (Wildman–Crippen LogP) is 3.36. The molecule has 35 heavy (non-hydrogen) atoms. The lowest BCUT2D eigenvalue weighted by atomic mass is 9.94. The number of nitrogens with one attached hydrogen (secondary N) is 1. The molecule has 3 heterocycles. The van der Waals surface area contributed by atoms with Gasteiger partial charge < -0.3 is 19.9 Å². The minimum absolute atomic E-state index is 0.218. The topological polar surface area (TPSA) is 88.1 Å². The van der Waals surface area contributed by atoms with Crippen LogP contribution in [0.2, 0.25) is 0 Å². The van der Waals surface area contributed by atoms with Crippen molar-refractivity contribution in [3.8, 4) is 0 Å². The number of piperidine rings is 1. The summed E-state index contributed by atoms with van der Waals surface area (Å²) in [5.74, 6) is -0.493. The number of β-amino-alcohol motifs (C(OH)–C–C–N with tert-alkyl or cyclic N) is 1. The summed E-state index contributed by atoms with van der Waals surface area (Å²) < 4.78 is 10.3. The molecule has 0 saturated carbocycles. The Morgan fingerprint density at radius 2 is 1.69 bits per heavy atom. The van der Waals surface area contributed by atoms with Crippen molar-refractivity contribution in [1.82, 2.24) is 10.2 Å². The summed E-state index contributed by atoms with van der Waals surface area (Å²) in [6.07, 6.45) is 3.76. The molecule has 2 atom stereocenters. The smallest absolute Gasteiger partial charge is 0.338 e. The largest absolute Gasteiger partial charge is 0.457 e. The van der Waals surface area contributed by atoms with Crippen LogP contribution in [0.4, 0.5) is 0 Å². The SMILES string of the molecule is Cc1c(CCNCC2CCCCN2CC(O)c2ccc3c(c2C)COC3=O)ccc2c1COC2=O. The minimum Gasteiger partial charge on any atom is -0.457 e. The second-order valence-electron chi connectivity index (χ2n) is 9.95. The van der Waals surface area contributed by atoms with E-state index in [1.54, 1.807) is 6.07 Å². The van der Waals surface area contributed by atoms with Crippen LogP contribution in [0.5, 0.6) is 0 Å². The number of aliphatic hydroxyl groups is 1. The summed E-state index contributed by atoms with van der Waals surface area (Å²) in [5, 5.41) is 14.7. The first-order valence-electron chi connectivity index (χ1n) is 12.6. The molecule has 186 valence electrons. The van der Waals surface area contributed by atoms with Crippen molar-refractivity contribution in [3.63, 3.8) is 0 Å². The van der Waals surface area contributed by atoms with E-state index in [0.29, 0.717) is 36.9 Å². The average molecular weight is 479 g/mol. The van der Waals surface area contributed by atoms with E-state index in [1.165, 1.54) is 12.0 Å². The van der Waals surface area contributed by atoms with Crippen LogP contribution in [0, 0.1) is 13.8 Å². The number of esters is 2. The van der Waals surface area contributed by atoms with Gasteiger partial charge in [-0.1, -0.05) is 18.6 Å². The summed E-state index contributed by atoms with van der Waals surface area (Å²) in [5.41, 5.74) is 7.51. The van der Waals surface area contributed by atoms with Gasteiger partial charge in [0.2, 0.25) is 0 Å². The van der Waals surface area contributed by atoms with Crippen LogP contribution in [0.1, 0.15) is 79.5 Å². The van der Waals surface area contributed by atoms with E-state index in [0.717, 1.165) is 66.7 Å². The molecule has 2 N–H and O–H groups in total. The highest BCUT2D eigenvalue weighted by atomic mass is 16.5. The number of hydrogen-bond donors (Lipinski definition) is 2. The third-order valence-electron chi connectivity index (χ3n) is 7.95. The Morgan fingerprint density at radius 1 is 1.00 bits per heavy atom. The van der Waals surface area contributed by atoms with E-state index in [4.69, 9.17) is 9.47 Å². The van der Waals surface area contributed by atoms with Crippen LogP contribution in [0.15, 0.2) is 24.3 Å². The Hall–Kier alpha value is -2.74. The normalized spacial score (nSPS) is 20.4. The van der Waals surface area contributed by atoms with Gasteiger partial charge in [0.25, 0.3) is 0 Å². The molecule has 0 amide bonds. The molecule has 0 spiro atoms. The Labute approximate surface area is 206 Å². The van der Waals surface area contributed by atoms with E-state index in [1.807, 2.05) is 25.1 Å². The molecule has 1 fully saturated rings. The number of carbonyl (C=O) groups is 2. The number of benzene rings is 2. The first-order chi connectivity index (χ1) is 16.9. The van der Waals surface area contributed by atoms with Gasteiger partial charge in [-0.15, -0.1) is 0 Å². The average Bonchev–Trinajstić information content (AvgIpc) is 3.42. The molecule has 2 aromatic carbocycles.